The Bertz CT molecular complexity index is 1840. The molecule has 0 fully saturated rings. The first-order valence-electron chi connectivity index (χ1n) is 17.6. The molecule has 9 nitrogen and oxygen atoms in total. The van der Waals surface area contributed by atoms with Crippen molar-refractivity contribution in [2.75, 3.05) is 33.2 Å². The van der Waals surface area contributed by atoms with E-state index in [0.717, 1.165) is 23.1 Å². The lowest BCUT2D eigenvalue weighted by Crippen LogP contribution is -2.44. The van der Waals surface area contributed by atoms with Crippen molar-refractivity contribution in [3.05, 3.63) is 117 Å². The monoisotopic (exact) mass is 691 g/mol. The number of ether oxygens (including phenoxy) is 3. The largest absolute Gasteiger partial charge is 0.493 e. The van der Waals surface area contributed by atoms with Gasteiger partial charge >= 0.3 is 0 Å². The second-order valence-electron chi connectivity index (χ2n) is 13.1. The van der Waals surface area contributed by atoms with Crippen molar-refractivity contribution in [1.82, 2.24) is 10.6 Å². The van der Waals surface area contributed by atoms with Gasteiger partial charge in [-0.1, -0.05) is 87.0 Å². The number of nitrogens with one attached hydrogen (secondary N) is 3. The molecular formula is C42H49N3O6. The van der Waals surface area contributed by atoms with Crippen molar-refractivity contribution in [3.63, 3.8) is 0 Å². The molecule has 0 aliphatic heterocycles. The first kappa shape index (κ1) is 37.0. The van der Waals surface area contributed by atoms with E-state index < -0.39 is 12.1 Å². The van der Waals surface area contributed by atoms with Crippen molar-refractivity contribution in [2.24, 2.45) is 5.92 Å². The zero-order valence-electron chi connectivity index (χ0n) is 30.4. The minimum absolute atomic E-state index is 0.0727. The predicted molar refractivity (Wildman–Crippen MR) is 202 cm³/mol. The molecule has 3 N–H and O–H groups in total. The van der Waals surface area contributed by atoms with Gasteiger partial charge in [-0.3, -0.25) is 14.4 Å². The molecule has 4 aromatic rings. The van der Waals surface area contributed by atoms with Crippen LogP contribution < -0.4 is 35.6 Å². The first-order valence-corrected chi connectivity index (χ1v) is 17.6. The average Bonchev–Trinajstić information content (AvgIpc) is 3.39. The van der Waals surface area contributed by atoms with Crippen molar-refractivity contribution < 1.29 is 23.8 Å². The summed E-state index contributed by atoms with van der Waals surface area (Å²) in [6.07, 6.45) is 2.59. The van der Waals surface area contributed by atoms with E-state index in [1.165, 1.54) is 18.1 Å². The van der Waals surface area contributed by atoms with Crippen molar-refractivity contribution in [3.8, 4) is 28.4 Å². The number of hydrogen-bond acceptors (Lipinski definition) is 7. The third-order valence-corrected chi connectivity index (χ3v) is 9.86. The number of fused-ring (bicyclic) bond motifs is 3. The molecule has 0 saturated heterocycles. The van der Waals surface area contributed by atoms with Crippen molar-refractivity contribution in [1.29, 1.82) is 0 Å². The number of amides is 2. The number of hydrogen-bond donors (Lipinski definition) is 3. The maximum absolute atomic E-state index is 14.0. The Morgan fingerprint density at radius 2 is 1.51 bits per heavy atom. The molecular weight excluding hydrogens is 642 g/mol. The Hall–Kier alpha value is -5.31. The summed E-state index contributed by atoms with van der Waals surface area (Å²) < 4.78 is 17.3. The summed E-state index contributed by atoms with van der Waals surface area (Å²) in [5.41, 5.74) is 5.46. The van der Waals surface area contributed by atoms with Gasteiger partial charge in [0, 0.05) is 24.9 Å². The highest BCUT2D eigenvalue weighted by Gasteiger charge is 2.30. The Morgan fingerprint density at radius 1 is 0.863 bits per heavy atom. The van der Waals surface area contributed by atoms with Crippen molar-refractivity contribution in [2.45, 2.75) is 64.5 Å². The topological polar surface area (TPSA) is 115 Å². The number of rotatable bonds is 14. The second-order valence-corrected chi connectivity index (χ2v) is 13.1. The number of carbonyl (C=O) groups is 2. The van der Waals surface area contributed by atoms with Gasteiger partial charge in [0.25, 0.3) is 0 Å². The molecule has 4 aromatic carbocycles. The molecule has 51 heavy (non-hydrogen) atoms. The van der Waals surface area contributed by atoms with Crippen LogP contribution >= 0.6 is 0 Å². The Balaban J connectivity index is 1.48. The van der Waals surface area contributed by atoms with Gasteiger partial charge in [0.1, 0.15) is 6.04 Å². The van der Waals surface area contributed by atoms with Crippen LogP contribution in [-0.2, 0) is 16.0 Å². The van der Waals surface area contributed by atoms with E-state index in [4.69, 9.17) is 14.2 Å². The molecule has 0 spiro atoms. The second kappa shape index (κ2) is 17.1. The summed E-state index contributed by atoms with van der Waals surface area (Å²) in [5.74, 6) is 1.12. The number of methoxy groups -OCH3 is 3. The van der Waals surface area contributed by atoms with Crippen LogP contribution in [0.1, 0.15) is 74.2 Å². The quantitative estimate of drug-likeness (QED) is 0.130. The predicted octanol–water partition coefficient (Wildman–Crippen LogP) is 7.03. The standard InChI is InChI=1S/C42H49N3O6/c1-7-26(2)39(42(48)43-23-22-31(28-14-10-8-11-15-28)29-16-12-9-13-17-29)45-35-21-19-32-33(25-36(35)47)34(44-27(3)46)20-18-30-24-37(49-4)40(50-5)41(51-6)38(30)32/h8-17,19,21,24-26,31,34,39H,7,18,20,22-23H2,1-6H3,(H,43,48)(H,44,46)(H,45,47)/t26-,34+,39+/m0/s1. The van der Waals surface area contributed by atoms with Gasteiger partial charge in [-0.2, -0.15) is 0 Å². The van der Waals surface area contributed by atoms with E-state index in [1.807, 2.05) is 62.4 Å². The van der Waals surface area contributed by atoms with Gasteiger partial charge in [0.2, 0.25) is 23.0 Å². The minimum atomic E-state index is -0.658. The SMILES string of the molecule is CC[C@H](C)[C@@H](Nc1ccc2c(cc1=O)[C@H](NC(C)=O)CCc1cc(OC)c(OC)c(OC)c1-2)C(=O)NCCC(c1ccccc1)c1ccccc1. The minimum Gasteiger partial charge on any atom is -0.493 e. The highest BCUT2D eigenvalue weighted by Crippen LogP contribution is 2.50. The number of aryl methyl sites for hydroxylation is 1. The van der Waals surface area contributed by atoms with E-state index in [1.54, 1.807) is 33.5 Å². The Kier molecular flexibility index (Phi) is 12.4. The fourth-order valence-corrected chi connectivity index (χ4v) is 7.04. The molecule has 0 radical (unpaired) electrons. The van der Waals surface area contributed by atoms with Crippen LogP contribution in [0.5, 0.6) is 17.2 Å². The molecule has 0 unspecified atom stereocenters. The molecule has 2 amide bonds. The lowest BCUT2D eigenvalue weighted by molar-refractivity contribution is -0.123. The fraction of sp³-hybridized carbons (Fsp3) is 0.357. The van der Waals surface area contributed by atoms with E-state index in [2.05, 4.69) is 40.2 Å². The van der Waals surface area contributed by atoms with Crippen LogP contribution in [-0.4, -0.2) is 45.7 Å². The molecule has 3 atom stereocenters. The molecule has 1 aliphatic rings. The third-order valence-electron chi connectivity index (χ3n) is 9.86. The number of carbonyl (C=O) groups excluding carboxylic acids is 2. The highest BCUT2D eigenvalue weighted by atomic mass is 16.5. The van der Waals surface area contributed by atoms with Crippen LogP contribution in [0.3, 0.4) is 0 Å². The molecule has 0 aromatic heterocycles. The molecule has 5 rings (SSSR count). The number of benzene rings is 3. The van der Waals surface area contributed by atoms with Crippen LogP contribution in [0.2, 0.25) is 0 Å². The molecule has 268 valence electrons. The average molecular weight is 692 g/mol. The van der Waals surface area contributed by atoms with Gasteiger partial charge < -0.3 is 30.2 Å². The van der Waals surface area contributed by atoms with Gasteiger partial charge in [-0.15, -0.1) is 0 Å². The summed E-state index contributed by atoms with van der Waals surface area (Å²) in [4.78, 5) is 40.3. The molecule has 0 bridgehead atoms. The maximum atomic E-state index is 14.0. The lowest BCUT2D eigenvalue weighted by atomic mass is 9.88. The molecule has 0 saturated carbocycles. The summed E-state index contributed by atoms with van der Waals surface area (Å²) in [7, 11) is 4.70. The zero-order chi connectivity index (χ0) is 36.5. The fourth-order valence-electron chi connectivity index (χ4n) is 7.04. The lowest BCUT2D eigenvalue weighted by Gasteiger charge is -2.25. The summed E-state index contributed by atoms with van der Waals surface area (Å²) in [6.45, 7) is 5.96. The van der Waals surface area contributed by atoms with Crippen molar-refractivity contribution >= 4 is 17.5 Å². The van der Waals surface area contributed by atoms with Crippen LogP contribution in [0, 0.1) is 5.92 Å². The van der Waals surface area contributed by atoms with E-state index in [9.17, 15) is 14.4 Å². The van der Waals surface area contributed by atoms with Gasteiger partial charge in [-0.05, 0) is 71.2 Å². The summed E-state index contributed by atoms with van der Waals surface area (Å²) in [5, 5.41) is 9.53. The first-order chi connectivity index (χ1) is 24.7. The molecule has 1 aliphatic carbocycles. The zero-order valence-corrected chi connectivity index (χ0v) is 30.4. The Labute approximate surface area is 300 Å². The van der Waals surface area contributed by atoms with Crippen LogP contribution in [0.15, 0.2) is 89.7 Å². The highest BCUT2D eigenvalue weighted by molar-refractivity contribution is 5.86. The normalized spacial score (nSPS) is 14.6. The smallest absolute Gasteiger partial charge is 0.242 e. The van der Waals surface area contributed by atoms with E-state index in [0.29, 0.717) is 48.6 Å². The number of anilines is 1. The maximum Gasteiger partial charge on any atom is 0.242 e. The van der Waals surface area contributed by atoms with E-state index >= 15 is 0 Å². The van der Waals surface area contributed by atoms with Crippen LogP contribution in [0.4, 0.5) is 5.69 Å². The van der Waals surface area contributed by atoms with Crippen LogP contribution in [0.25, 0.3) is 11.1 Å². The summed E-state index contributed by atoms with van der Waals surface area (Å²) in [6, 6.07) is 26.6. The Morgan fingerprint density at radius 3 is 2.08 bits per heavy atom. The van der Waals surface area contributed by atoms with Gasteiger partial charge in [0.15, 0.2) is 11.5 Å². The summed E-state index contributed by atoms with van der Waals surface area (Å²) >= 11 is 0. The van der Waals surface area contributed by atoms with Gasteiger partial charge in [0.05, 0.1) is 33.1 Å². The molecule has 0 heterocycles. The van der Waals surface area contributed by atoms with E-state index in [-0.39, 0.29) is 34.8 Å². The third kappa shape index (κ3) is 8.36. The van der Waals surface area contributed by atoms with Gasteiger partial charge in [-0.25, -0.2) is 0 Å². The molecule has 9 heteroatoms.